The minimum atomic E-state index is 0.0992. The lowest BCUT2D eigenvalue weighted by Gasteiger charge is -2.19. The minimum Gasteiger partial charge on any atom is -0.308 e. The molecule has 1 heterocycles. The fourth-order valence-electron chi connectivity index (χ4n) is 2.09. The van der Waals surface area contributed by atoms with E-state index >= 15 is 0 Å². The Morgan fingerprint density at radius 2 is 1.94 bits per heavy atom. The molecule has 1 unspecified atom stereocenters. The van der Waals surface area contributed by atoms with Crippen molar-refractivity contribution in [1.82, 2.24) is 10.3 Å². The number of aromatic nitrogens is 1. The van der Waals surface area contributed by atoms with Crippen LogP contribution in [0.5, 0.6) is 0 Å². The number of aryl methyl sites for hydroxylation is 2. The Bertz CT molecular complexity index is 535. The maximum atomic E-state index is 5.88. The van der Waals surface area contributed by atoms with Gasteiger partial charge in [0, 0.05) is 6.20 Å². The first-order chi connectivity index (χ1) is 8.61. The molecule has 2 rings (SSSR count). The molecule has 1 N–H and O–H groups in total. The van der Waals surface area contributed by atoms with Crippen molar-refractivity contribution in [2.24, 2.45) is 0 Å². The first kappa shape index (κ1) is 13.1. The molecule has 1 aromatic heterocycles. The van der Waals surface area contributed by atoms with Crippen molar-refractivity contribution in [1.29, 1.82) is 0 Å². The first-order valence-corrected chi connectivity index (χ1v) is 6.35. The van der Waals surface area contributed by atoms with Gasteiger partial charge in [-0.15, -0.1) is 0 Å². The normalized spacial score (nSPS) is 12.4. The molecule has 0 aliphatic heterocycles. The largest absolute Gasteiger partial charge is 0.308 e. The molecule has 94 valence electrons. The van der Waals surface area contributed by atoms with Crippen molar-refractivity contribution in [2.45, 2.75) is 19.9 Å². The molecule has 2 aromatic rings. The lowest BCUT2D eigenvalue weighted by molar-refractivity contribution is 0.666. The molecule has 0 amide bonds. The van der Waals surface area contributed by atoms with E-state index in [0.29, 0.717) is 5.02 Å². The number of hydrogen-bond acceptors (Lipinski definition) is 2. The van der Waals surface area contributed by atoms with E-state index in [1.807, 2.05) is 19.2 Å². The summed E-state index contributed by atoms with van der Waals surface area (Å²) < 4.78 is 0. The SMILES string of the molecule is CNC(c1ccc(Cl)cn1)c1cc(C)ccc1C. The van der Waals surface area contributed by atoms with E-state index in [2.05, 4.69) is 42.3 Å². The average molecular weight is 261 g/mol. The van der Waals surface area contributed by atoms with Gasteiger partial charge in [-0.05, 0) is 44.2 Å². The third kappa shape index (κ3) is 2.71. The molecule has 2 nitrogen and oxygen atoms in total. The van der Waals surface area contributed by atoms with Crippen LogP contribution in [-0.2, 0) is 0 Å². The highest BCUT2D eigenvalue weighted by atomic mass is 35.5. The van der Waals surface area contributed by atoms with Crippen LogP contribution in [0.4, 0.5) is 0 Å². The maximum Gasteiger partial charge on any atom is 0.0751 e. The van der Waals surface area contributed by atoms with E-state index in [9.17, 15) is 0 Å². The lowest BCUT2D eigenvalue weighted by Crippen LogP contribution is -2.19. The van der Waals surface area contributed by atoms with E-state index in [-0.39, 0.29) is 6.04 Å². The summed E-state index contributed by atoms with van der Waals surface area (Å²) in [6.45, 7) is 4.22. The Morgan fingerprint density at radius 3 is 2.56 bits per heavy atom. The average Bonchev–Trinajstić information content (AvgIpc) is 2.37. The van der Waals surface area contributed by atoms with Crippen LogP contribution in [0.3, 0.4) is 0 Å². The van der Waals surface area contributed by atoms with Gasteiger partial charge in [0.15, 0.2) is 0 Å². The zero-order valence-corrected chi connectivity index (χ0v) is 11.6. The Kier molecular flexibility index (Phi) is 4.00. The van der Waals surface area contributed by atoms with Crippen LogP contribution in [-0.4, -0.2) is 12.0 Å². The number of benzene rings is 1. The van der Waals surface area contributed by atoms with Crippen molar-refractivity contribution in [3.05, 3.63) is 63.9 Å². The highest BCUT2D eigenvalue weighted by Crippen LogP contribution is 2.24. The topological polar surface area (TPSA) is 24.9 Å². The minimum absolute atomic E-state index is 0.0992. The van der Waals surface area contributed by atoms with Gasteiger partial charge < -0.3 is 5.32 Å². The Labute approximate surface area is 113 Å². The number of nitrogens with zero attached hydrogens (tertiary/aromatic N) is 1. The number of halogens is 1. The summed E-state index contributed by atoms with van der Waals surface area (Å²) >= 11 is 5.88. The van der Waals surface area contributed by atoms with Gasteiger partial charge in [0.25, 0.3) is 0 Å². The van der Waals surface area contributed by atoms with Gasteiger partial charge in [-0.25, -0.2) is 0 Å². The predicted octanol–water partition coefficient (Wildman–Crippen LogP) is 3.66. The summed E-state index contributed by atoms with van der Waals surface area (Å²) in [6.07, 6.45) is 1.69. The summed E-state index contributed by atoms with van der Waals surface area (Å²) in [5.41, 5.74) is 4.75. The van der Waals surface area contributed by atoms with Crippen LogP contribution in [0.15, 0.2) is 36.5 Å². The zero-order chi connectivity index (χ0) is 13.1. The van der Waals surface area contributed by atoms with Crippen LogP contribution < -0.4 is 5.32 Å². The molecule has 0 aliphatic carbocycles. The molecular formula is C15H17ClN2. The summed E-state index contributed by atoms with van der Waals surface area (Å²) in [5, 5.41) is 3.98. The summed E-state index contributed by atoms with van der Waals surface area (Å²) in [7, 11) is 1.95. The third-order valence-corrected chi connectivity index (χ3v) is 3.30. The van der Waals surface area contributed by atoms with Crippen molar-refractivity contribution in [3.63, 3.8) is 0 Å². The zero-order valence-electron chi connectivity index (χ0n) is 10.9. The molecule has 0 radical (unpaired) electrons. The summed E-state index contributed by atoms with van der Waals surface area (Å²) in [6, 6.07) is 10.4. The molecule has 3 heteroatoms. The quantitative estimate of drug-likeness (QED) is 0.911. The number of hydrogen-bond donors (Lipinski definition) is 1. The Hall–Kier alpha value is -1.38. The highest BCUT2D eigenvalue weighted by Gasteiger charge is 2.15. The lowest BCUT2D eigenvalue weighted by atomic mass is 9.96. The predicted molar refractivity (Wildman–Crippen MR) is 76.1 cm³/mol. The highest BCUT2D eigenvalue weighted by molar-refractivity contribution is 6.30. The van der Waals surface area contributed by atoms with Crippen molar-refractivity contribution >= 4 is 11.6 Å². The van der Waals surface area contributed by atoms with Gasteiger partial charge in [0.2, 0.25) is 0 Å². The van der Waals surface area contributed by atoms with Crippen LogP contribution in [0.2, 0.25) is 5.02 Å². The van der Waals surface area contributed by atoms with Gasteiger partial charge in [0.1, 0.15) is 0 Å². The fourth-order valence-corrected chi connectivity index (χ4v) is 2.20. The van der Waals surface area contributed by atoms with Crippen LogP contribution in [0.1, 0.15) is 28.4 Å². The molecule has 0 saturated carbocycles. The second kappa shape index (κ2) is 5.51. The molecule has 1 aromatic carbocycles. The first-order valence-electron chi connectivity index (χ1n) is 5.97. The molecule has 0 saturated heterocycles. The van der Waals surface area contributed by atoms with E-state index in [1.165, 1.54) is 16.7 Å². The molecule has 18 heavy (non-hydrogen) atoms. The van der Waals surface area contributed by atoms with E-state index in [0.717, 1.165) is 5.69 Å². The monoisotopic (exact) mass is 260 g/mol. The molecule has 0 fully saturated rings. The van der Waals surface area contributed by atoms with Gasteiger partial charge in [-0.2, -0.15) is 0 Å². The van der Waals surface area contributed by atoms with Gasteiger partial charge in [-0.3, -0.25) is 4.98 Å². The summed E-state index contributed by atoms with van der Waals surface area (Å²) in [4.78, 5) is 4.40. The number of rotatable bonds is 3. The maximum absolute atomic E-state index is 5.88. The van der Waals surface area contributed by atoms with E-state index in [4.69, 9.17) is 11.6 Å². The molecule has 1 atom stereocenters. The van der Waals surface area contributed by atoms with Gasteiger partial charge in [-0.1, -0.05) is 35.4 Å². The number of nitrogens with one attached hydrogen (secondary N) is 1. The smallest absolute Gasteiger partial charge is 0.0751 e. The molecule has 0 spiro atoms. The van der Waals surface area contributed by atoms with Crippen molar-refractivity contribution < 1.29 is 0 Å². The van der Waals surface area contributed by atoms with Crippen LogP contribution >= 0.6 is 11.6 Å². The van der Waals surface area contributed by atoms with Crippen LogP contribution in [0.25, 0.3) is 0 Å². The van der Waals surface area contributed by atoms with Gasteiger partial charge >= 0.3 is 0 Å². The van der Waals surface area contributed by atoms with E-state index < -0.39 is 0 Å². The number of pyridine rings is 1. The molecule has 0 aliphatic rings. The van der Waals surface area contributed by atoms with Crippen LogP contribution in [0, 0.1) is 13.8 Å². The second-order valence-corrected chi connectivity index (χ2v) is 4.92. The molecule has 0 bridgehead atoms. The Morgan fingerprint density at radius 1 is 1.17 bits per heavy atom. The fraction of sp³-hybridized carbons (Fsp3) is 0.267. The summed E-state index contributed by atoms with van der Waals surface area (Å²) in [5.74, 6) is 0. The van der Waals surface area contributed by atoms with Gasteiger partial charge in [0.05, 0.1) is 16.8 Å². The molecular weight excluding hydrogens is 244 g/mol. The van der Waals surface area contributed by atoms with Crippen molar-refractivity contribution in [3.8, 4) is 0 Å². The van der Waals surface area contributed by atoms with Crippen molar-refractivity contribution in [2.75, 3.05) is 7.05 Å². The second-order valence-electron chi connectivity index (χ2n) is 4.48. The third-order valence-electron chi connectivity index (χ3n) is 3.08. The Balaban J connectivity index is 2.44. The standard InChI is InChI=1S/C15H17ClN2/c1-10-4-5-11(2)13(8-10)15(17-3)14-7-6-12(16)9-18-14/h4-9,15,17H,1-3H3. The van der Waals surface area contributed by atoms with E-state index in [1.54, 1.807) is 6.20 Å².